The van der Waals surface area contributed by atoms with E-state index in [1.165, 1.54) is 0 Å². The van der Waals surface area contributed by atoms with Crippen molar-refractivity contribution in [3.8, 4) is 0 Å². The fourth-order valence-corrected chi connectivity index (χ4v) is 0. The zero-order chi connectivity index (χ0) is 0. The van der Waals surface area contributed by atoms with Crippen LogP contribution in [0.1, 0.15) is 0 Å². The summed E-state index contributed by atoms with van der Waals surface area (Å²) >= 11 is 0. The van der Waals surface area contributed by atoms with Crippen molar-refractivity contribution in [2.45, 2.75) is 0 Å². The average molecular weight is 392 g/mol. The molecule has 0 N–H and O–H groups in total. The van der Waals surface area contributed by atoms with E-state index in [0.29, 0.717) is 0 Å². The molecule has 0 bridgehead atoms. The molecule has 0 aliphatic carbocycles. The van der Waals surface area contributed by atoms with Crippen molar-refractivity contribution in [1.82, 2.24) is 0 Å². The molecule has 0 aliphatic heterocycles. The van der Waals surface area contributed by atoms with Crippen LogP contribution in [0.3, 0.4) is 0 Å². The third-order valence-corrected chi connectivity index (χ3v) is 0. The molecule has 0 nitrogen and oxygen atoms in total. The summed E-state index contributed by atoms with van der Waals surface area (Å²) in [6.07, 6.45) is 0. The van der Waals surface area contributed by atoms with Crippen molar-refractivity contribution in [2.24, 2.45) is 0 Å². The second-order valence-corrected chi connectivity index (χ2v) is 0. The summed E-state index contributed by atoms with van der Waals surface area (Å²) in [6.45, 7) is 0. The van der Waals surface area contributed by atoms with Crippen LogP contribution in [-0.4, -0.2) is 27.3 Å². The van der Waals surface area contributed by atoms with Gasteiger partial charge in [0.25, 0.3) is 0 Å². The predicted octanol–water partition coefficient (Wildman–Crippen LogP) is -0.924. The molecule has 0 atom stereocenters. The summed E-state index contributed by atoms with van der Waals surface area (Å²) in [7, 11) is 0. The van der Waals surface area contributed by atoms with Crippen LogP contribution in [0, 0.1) is 0 Å². The molecule has 4 heavy (non-hydrogen) atoms. The molecule has 0 unspecified atom stereocenters. The van der Waals surface area contributed by atoms with Gasteiger partial charge in [0.2, 0.25) is 0 Å². The molecule has 0 saturated heterocycles. The van der Waals surface area contributed by atoms with Crippen LogP contribution < -0.4 is 0 Å². The molecular formula is H2CoNiPbZn. The van der Waals surface area contributed by atoms with Crippen molar-refractivity contribution < 1.29 is 52.7 Å². The molecule has 3 radical (unpaired) electrons. The van der Waals surface area contributed by atoms with Crippen LogP contribution in [0.15, 0.2) is 0 Å². The van der Waals surface area contributed by atoms with Gasteiger partial charge in [0.1, 0.15) is 0 Å². The Bertz CT molecular complexity index is 8.00. The maximum absolute atomic E-state index is 0. The molecule has 0 saturated carbocycles. The predicted molar refractivity (Wildman–Crippen MR) is 8.54 cm³/mol. The van der Waals surface area contributed by atoms with Gasteiger partial charge in [0.05, 0.1) is 0 Å². The van der Waals surface area contributed by atoms with E-state index in [9.17, 15) is 0 Å². The summed E-state index contributed by atoms with van der Waals surface area (Å²) < 4.78 is 0. The fourth-order valence-electron chi connectivity index (χ4n) is 0. The average Bonchev–Trinajstić information content (AvgIpc) is 0. The number of hydrogen-bond acceptors (Lipinski definition) is 0. The summed E-state index contributed by atoms with van der Waals surface area (Å²) in [5.41, 5.74) is 0. The Balaban J connectivity index is 0. The molecule has 0 fully saturated rings. The minimum Gasteiger partial charge on any atom is 0 e. The van der Waals surface area contributed by atoms with Crippen LogP contribution in [0.2, 0.25) is 0 Å². The van der Waals surface area contributed by atoms with Gasteiger partial charge in [-0.2, -0.15) is 0 Å². The van der Waals surface area contributed by atoms with Gasteiger partial charge in [-0.3, -0.25) is 0 Å². The van der Waals surface area contributed by atoms with E-state index < -0.39 is 0 Å². The Morgan fingerprint density at radius 2 is 1.00 bits per heavy atom. The molecule has 0 spiro atoms. The first-order valence-corrected chi connectivity index (χ1v) is 0. The fraction of sp³-hybridized carbons (Fsp3) is 0. The first-order valence-electron chi connectivity index (χ1n) is 0. The Hall–Kier alpha value is 2.55. The molecule has 0 amide bonds. The van der Waals surface area contributed by atoms with E-state index in [1.54, 1.807) is 0 Å². The van der Waals surface area contributed by atoms with Crippen LogP contribution in [0.25, 0.3) is 0 Å². The molecular weight excluding hydrogens is 390 g/mol. The SMILES string of the molecule is [Co].[Ni].[PbH2].[Zn]. The van der Waals surface area contributed by atoms with Gasteiger partial charge in [-0.05, 0) is 0 Å². The second kappa shape index (κ2) is 17.7. The molecule has 0 aliphatic rings. The molecule has 27 valence electrons. The van der Waals surface area contributed by atoms with Gasteiger partial charge in [-0.1, -0.05) is 0 Å². The van der Waals surface area contributed by atoms with Crippen LogP contribution in [0.5, 0.6) is 0 Å². The summed E-state index contributed by atoms with van der Waals surface area (Å²) in [6, 6.07) is 0. The minimum atomic E-state index is 0. The largest absolute Gasteiger partial charge is 0 e. The Kier molecular flexibility index (Phi) is 137. The number of hydrogen-bond donors (Lipinski definition) is 0. The van der Waals surface area contributed by atoms with Gasteiger partial charge in [-0.15, -0.1) is 0 Å². The van der Waals surface area contributed by atoms with Crippen LogP contribution >= 0.6 is 0 Å². The normalized spacial score (nSPS) is 0. The Morgan fingerprint density at radius 3 is 1.00 bits per heavy atom. The molecule has 0 aromatic rings. The Morgan fingerprint density at radius 1 is 1.00 bits per heavy atom. The number of rotatable bonds is 0. The molecule has 0 aromatic heterocycles. The molecule has 4 heteroatoms. The van der Waals surface area contributed by atoms with Crippen molar-refractivity contribution in [3.63, 3.8) is 0 Å². The maximum Gasteiger partial charge on any atom is 0 e. The Labute approximate surface area is 78.9 Å². The van der Waals surface area contributed by atoms with E-state index in [1.807, 2.05) is 0 Å². The molecule has 0 rings (SSSR count). The van der Waals surface area contributed by atoms with E-state index in [-0.39, 0.29) is 80.0 Å². The van der Waals surface area contributed by atoms with Gasteiger partial charge in [0, 0.05) is 52.7 Å². The molecule has 0 aromatic carbocycles. The van der Waals surface area contributed by atoms with E-state index in [4.69, 9.17) is 0 Å². The van der Waals surface area contributed by atoms with Gasteiger partial charge >= 0.3 is 27.3 Å². The van der Waals surface area contributed by atoms with Crippen molar-refractivity contribution in [2.75, 3.05) is 0 Å². The van der Waals surface area contributed by atoms with E-state index >= 15 is 0 Å². The standard InChI is InChI=1S/Co.Ni.Pb.Zn.2H. The first kappa shape index (κ1) is 31.1. The maximum atomic E-state index is 0. The second-order valence-electron chi connectivity index (χ2n) is 0. The topological polar surface area (TPSA) is 0 Å². The zero-order valence-electron chi connectivity index (χ0n) is 2.06. The van der Waals surface area contributed by atoms with Crippen LogP contribution in [0.4, 0.5) is 0 Å². The summed E-state index contributed by atoms with van der Waals surface area (Å²) in [5.74, 6) is 0. The van der Waals surface area contributed by atoms with E-state index in [0.717, 1.165) is 0 Å². The first-order chi connectivity index (χ1) is 0. The third-order valence-electron chi connectivity index (χ3n) is 0. The summed E-state index contributed by atoms with van der Waals surface area (Å²) in [4.78, 5) is 0. The minimum absolute atomic E-state index is 0. The third kappa shape index (κ3) is 8.82. The summed E-state index contributed by atoms with van der Waals surface area (Å²) in [5, 5.41) is 0. The van der Waals surface area contributed by atoms with Crippen molar-refractivity contribution in [3.05, 3.63) is 0 Å². The zero-order valence-corrected chi connectivity index (χ0v) is 12.6. The quantitative estimate of drug-likeness (QED) is 0.468. The monoisotopic (exact) mass is 391 g/mol. The van der Waals surface area contributed by atoms with Crippen LogP contribution in [-0.2, 0) is 52.7 Å². The van der Waals surface area contributed by atoms with Crippen molar-refractivity contribution in [1.29, 1.82) is 0 Å². The molecule has 0 heterocycles. The van der Waals surface area contributed by atoms with Gasteiger partial charge in [0.15, 0.2) is 0 Å². The smallest absolute Gasteiger partial charge is 0 e. The van der Waals surface area contributed by atoms with Gasteiger partial charge in [-0.25, -0.2) is 0 Å². The van der Waals surface area contributed by atoms with Gasteiger partial charge < -0.3 is 0 Å². The van der Waals surface area contributed by atoms with E-state index in [2.05, 4.69) is 0 Å². The van der Waals surface area contributed by atoms with Crippen molar-refractivity contribution >= 4 is 27.3 Å².